The summed E-state index contributed by atoms with van der Waals surface area (Å²) in [4.78, 5) is 42.2. The van der Waals surface area contributed by atoms with Crippen LogP contribution in [-0.4, -0.2) is 61.5 Å². The van der Waals surface area contributed by atoms with Crippen molar-refractivity contribution in [2.45, 2.75) is 85.9 Å². The van der Waals surface area contributed by atoms with E-state index in [1.807, 2.05) is 66.0 Å². The summed E-state index contributed by atoms with van der Waals surface area (Å²) in [6.45, 7) is 17.6. The van der Waals surface area contributed by atoms with Gasteiger partial charge < -0.3 is 20.3 Å². The minimum Gasteiger partial charge on any atom is -0.463 e. The third-order valence-corrected chi connectivity index (χ3v) is 7.53. The SMILES string of the molecule is CCOC(=O)/C(C)=C/[C@H](C(C)C)N(C)C(=O)[C@@H](NC(=O)[C@@H](NC)C(C)(C)c1cccs1)C(C)(C)C. The minimum absolute atomic E-state index is 0.0486. The molecule has 1 heterocycles. The Morgan fingerprint density at radius 1 is 1.14 bits per heavy atom. The number of carbonyl (C=O) groups excluding carboxylic acids is 3. The molecule has 0 saturated carbocycles. The fourth-order valence-corrected chi connectivity index (χ4v) is 5.04. The maximum Gasteiger partial charge on any atom is 0.333 e. The van der Waals surface area contributed by atoms with E-state index in [9.17, 15) is 14.4 Å². The van der Waals surface area contributed by atoms with Crippen molar-refractivity contribution in [2.75, 3.05) is 20.7 Å². The largest absolute Gasteiger partial charge is 0.463 e. The summed E-state index contributed by atoms with van der Waals surface area (Å²) in [7, 11) is 3.48. The van der Waals surface area contributed by atoms with Crippen LogP contribution in [0.3, 0.4) is 0 Å². The number of thiophene rings is 1. The average molecular weight is 508 g/mol. The number of likely N-dealkylation sites (N-methyl/N-ethyl adjacent to an activating group) is 2. The van der Waals surface area contributed by atoms with Crippen LogP contribution in [0, 0.1) is 11.3 Å². The van der Waals surface area contributed by atoms with Crippen LogP contribution in [0.4, 0.5) is 0 Å². The maximum atomic E-state index is 13.8. The van der Waals surface area contributed by atoms with Gasteiger partial charge in [0.15, 0.2) is 0 Å². The number of ether oxygens (including phenoxy) is 1. The fourth-order valence-electron chi connectivity index (χ4n) is 4.15. The van der Waals surface area contributed by atoms with E-state index < -0.39 is 28.9 Å². The zero-order chi connectivity index (χ0) is 27.1. The summed E-state index contributed by atoms with van der Waals surface area (Å²) < 4.78 is 5.11. The molecule has 35 heavy (non-hydrogen) atoms. The van der Waals surface area contributed by atoms with Gasteiger partial charge in [-0.25, -0.2) is 4.79 Å². The van der Waals surface area contributed by atoms with Crippen LogP contribution in [0.1, 0.15) is 67.2 Å². The quantitative estimate of drug-likeness (QED) is 0.347. The Labute approximate surface area is 215 Å². The van der Waals surface area contributed by atoms with Crippen molar-refractivity contribution >= 4 is 29.1 Å². The summed E-state index contributed by atoms with van der Waals surface area (Å²) in [6, 6.07) is 2.37. The molecule has 0 aliphatic carbocycles. The highest BCUT2D eigenvalue weighted by atomic mass is 32.1. The molecule has 1 rings (SSSR count). The van der Waals surface area contributed by atoms with Crippen LogP contribution in [0.25, 0.3) is 0 Å². The van der Waals surface area contributed by atoms with Crippen molar-refractivity contribution in [3.05, 3.63) is 34.0 Å². The summed E-state index contributed by atoms with van der Waals surface area (Å²) in [5, 5.41) is 8.20. The van der Waals surface area contributed by atoms with Crippen molar-refractivity contribution in [2.24, 2.45) is 11.3 Å². The number of nitrogens with zero attached hydrogens (tertiary/aromatic N) is 1. The molecule has 198 valence electrons. The lowest BCUT2D eigenvalue weighted by Gasteiger charge is -2.39. The first-order valence-corrected chi connectivity index (χ1v) is 13.1. The smallest absolute Gasteiger partial charge is 0.333 e. The summed E-state index contributed by atoms with van der Waals surface area (Å²) in [5.74, 6) is -0.784. The molecular formula is C27H45N3O4S. The first-order valence-electron chi connectivity index (χ1n) is 12.2. The lowest BCUT2D eigenvalue weighted by atomic mass is 9.80. The van der Waals surface area contributed by atoms with E-state index in [-0.39, 0.29) is 30.4 Å². The molecule has 1 aromatic rings. The van der Waals surface area contributed by atoms with Crippen LogP contribution in [0.2, 0.25) is 0 Å². The molecule has 0 spiro atoms. The van der Waals surface area contributed by atoms with E-state index >= 15 is 0 Å². The number of rotatable bonds is 11. The molecule has 0 fully saturated rings. The molecule has 2 N–H and O–H groups in total. The van der Waals surface area contributed by atoms with E-state index in [0.29, 0.717) is 5.57 Å². The lowest BCUT2D eigenvalue weighted by Crippen LogP contribution is -2.61. The molecule has 0 aliphatic rings. The highest BCUT2D eigenvalue weighted by Gasteiger charge is 2.42. The Bertz CT molecular complexity index is 885. The summed E-state index contributed by atoms with van der Waals surface area (Å²) in [5.41, 5.74) is -0.549. The standard InChI is InChI=1S/C27H45N3O4S/c1-12-34-25(33)18(4)16-19(17(2)3)30(11)24(32)22(26(5,6)7)29-23(31)21(28-10)27(8,9)20-14-13-15-35-20/h13-17,19,21-22,28H,12H2,1-11H3,(H,29,31)/b18-16+/t19-,21-,22-/m1/s1. The van der Waals surface area contributed by atoms with Crippen molar-refractivity contribution < 1.29 is 19.1 Å². The number of hydrogen-bond donors (Lipinski definition) is 2. The minimum atomic E-state index is -0.757. The third-order valence-electron chi connectivity index (χ3n) is 6.32. The first-order chi connectivity index (χ1) is 16.1. The van der Waals surface area contributed by atoms with E-state index in [2.05, 4.69) is 10.6 Å². The molecule has 3 atom stereocenters. The van der Waals surface area contributed by atoms with Crippen molar-refractivity contribution in [1.82, 2.24) is 15.5 Å². The first kappa shape index (κ1) is 30.8. The molecule has 0 unspecified atom stereocenters. The van der Waals surface area contributed by atoms with Gasteiger partial charge in [0.05, 0.1) is 18.7 Å². The molecule has 0 aliphatic heterocycles. The van der Waals surface area contributed by atoms with Gasteiger partial charge in [-0.1, -0.05) is 60.6 Å². The lowest BCUT2D eigenvalue weighted by molar-refractivity contribution is -0.141. The molecule has 0 aromatic carbocycles. The third kappa shape index (κ3) is 7.90. The highest BCUT2D eigenvalue weighted by molar-refractivity contribution is 7.10. The van der Waals surface area contributed by atoms with Gasteiger partial charge in [0.25, 0.3) is 0 Å². The second-order valence-electron chi connectivity index (χ2n) is 11.0. The van der Waals surface area contributed by atoms with Crippen LogP contribution < -0.4 is 10.6 Å². The van der Waals surface area contributed by atoms with Crippen LogP contribution >= 0.6 is 11.3 Å². The van der Waals surface area contributed by atoms with Crippen LogP contribution in [-0.2, 0) is 24.5 Å². The number of amides is 2. The molecule has 8 heteroatoms. The maximum absolute atomic E-state index is 13.8. The number of carbonyl (C=O) groups is 3. The van der Waals surface area contributed by atoms with E-state index in [1.54, 1.807) is 50.3 Å². The number of esters is 1. The van der Waals surface area contributed by atoms with E-state index in [1.165, 1.54) is 0 Å². The Hall–Kier alpha value is -2.19. The molecule has 0 radical (unpaired) electrons. The molecule has 1 aromatic heterocycles. The summed E-state index contributed by atoms with van der Waals surface area (Å²) in [6.07, 6.45) is 1.78. The Morgan fingerprint density at radius 2 is 1.74 bits per heavy atom. The van der Waals surface area contributed by atoms with E-state index in [4.69, 9.17) is 4.74 Å². The second-order valence-corrected chi connectivity index (χ2v) is 11.9. The van der Waals surface area contributed by atoms with Gasteiger partial charge in [0.1, 0.15) is 6.04 Å². The van der Waals surface area contributed by atoms with Crippen LogP contribution in [0.5, 0.6) is 0 Å². The zero-order valence-corrected chi connectivity index (χ0v) is 24.1. The summed E-state index contributed by atoms with van der Waals surface area (Å²) >= 11 is 1.61. The predicted octanol–water partition coefficient (Wildman–Crippen LogP) is 4.14. The highest BCUT2D eigenvalue weighted by Crippen LogP contribution is 2.32. The van der Waals surface area contributed by atoms with Crippen molar-refractivity contribution in [1.29, 1.82) is 0 Å². The average Bonchev–Trinajstić information content (AvgIpc) is 3.30. The number of hydrogen-bond acceptors (Lipinski definition) is 6. The fraction of sp³-hybridized carbons (Fsp3) is 0.667. The van der Waals surface area contributed by atoms with Crippen molar-refractivity contribution in [3.63, 3.8) is 0 Å². The van der Waals surface area contributed by atoms with Gasteiger partial charge in [0.2, 0.25) is 11.8 Å². The zero-order valence-electron chi connectivity index (χ0n) is 23.3. The topological polar surface area (TPSA) is 87.7 Å². The van der Waals surface area contributed by atoms with Crippen LogP contribution in [0.15, 0.2) is 29.2 Å². The molecular weight excluding hydrogens is 462 g/mol. The Morgan fingerprint density at radius 3 is 2.17 bits per heavy atom. The van der Waals surface area contributed by atoms with Gasteiger partial charge in [-0.05, 0) is 43.7 Å². The molecule has 2 amide bonds. The van der Waals surface area contributed by atoms with Gasteiger partial charge >= 0.3 is 5.97 Å². The molecule has 0 bridgehead atoms. The predicted molar refractivity (Wildman–Crippen MR) is 143 cm³/mol. The van der Waals surface area contributed by atoms with Gasteiger partial charge in [-0.15, -0.1) is 11.3 Å². The number of nitrogens with one attached hydrogen (secondary N) is 2. The Balaban J connectivity index is 3.26. The van der Waals surface area contributed by atoms with Gasteiger partial charge in [-0.2, -0.15) is 0 Å². The van der Waals surface area contributed by atoms with Gasteiger partial charge in [-0.3, -0.25) is 9.59 Å². The second kappa shape index (κ2) is 12.7. The molecule has 0 saturated heterocycles. The monoisotopic (exact) mass is 507 g/mol. The van der Waals surface area contributed by atoms with Gasteiger partial charge in [0, 0.05) is 22.9 Å². The molecule has 7 nitrogen and oxygen atoms in total. The Kier molecular flexibility index (Phi) is 11.2. The normalized spacial score (nSPS) is 15.4. The van der Waals surface area contributed by atoms with E-state index in [0.717, 1.165) is 4.88 Å². The van der Waals surface area contributed by atoms with Crippen molar-refractivity contribution in [3.8, 4) is 0 Å².